The first-order chi connectivity index (χ1) is 12.8. The second-order valence-electron chi connectivity index (χ2n) is 7.07. The fourth-order valence-electron chi connectivity index (χ4n) is 3.64. The van der Waals surface area contributed by atoms with Gasteiger partial charge in [-0.2, -0.15) is 13.2 Å². The molecule has 1 heterocycles. The number of ether oxygens (including phenoxy) is 1. The van der Waals surface area contributed by atoms with Crippen molar-refractivity contribution in [1.82, 2.24) is 4.98 Å². The summed E-state index contributed by atoms with van der Waals surface area (Å²) < 4.78 is 45.1. The van der Waals surface area contributed by atoms with E-state index >= 15 is 0 Å². The molecule has 2 saturated carbocycles. The molecule has 1 aromatic carbocycles. The molecule has 0 aliphatic heterocycles. The van der Waals surface area contributed by atoms with Gasteiger partial charge in [0.05, 0.1) is 17.2 Å². The van der Waals surface area contributed by atoms with Crippen LogP contribution >= 0.6 is 0 Å². The van der Waals surface area contributed by atoms with Gasteiger partial charge >= 0.3 is 6.18 Å². The molecule has 5 nitrogen and oxygen atoms in total. The maximum Gasteiger partial charge on any atom is 0.416 e. The molecule has 0 radical (unpaired) electrons. The number of hydrogen-bond acceptors (Lipinski definition) is 3. The zero-order valence-electron chi connectivity index (χ0n) is 14.2. The third-order valence-electron chi connectivity index (χ3n) is 5.08. The minimum Gasteiger partial charge on any atom is -0.490 e. The maximum absolute atomic E-state index is 13.1. The highest BCUT2D eigenvalue weighted by atomic mass is 19.4. The molecule has 27 heavy (non-hydrogen) atoms. The Morgan fingerprint density at radius 1 is 1.11 bits per heavy atom. The second kappa shape index (κ2) is 6.44. The monoisotopic (exact) mass is 378 g/mol. The van der Waals surface area contributed by atoms with Gasteiger partial charge in [0.25, 0.3) is 5.91 Å². The highest BCUT2D eigenvalue weighted by Gasteiger charge is 2.47. The molecule has 142 valence electrons. The number of aromatic amines is 1. The number of nitrogens with one attached hydrogen (secondary N) is 2. The summed E-state index contributed by atoms with van der Waals surface area (Å²) in [6.07, 6.45) is -0.417. The van der Waals surface area contributed by atoms with Gasteiger partial charge in [-0.25, -0.2) is 0 Å². The summed E-state index contributed by atoms with van der Waals surface area (Å²) in [6.45, 7) is 0. The average molecular weight is 378 g/mol. The Morgan fingerprint density at radius 3 is 2.52 bits per heavy atom. The van der Waals surface area contributed by atoms with Crippen molar-refractivity contribution < 1.29 is 22.7 Å². The Kier molecular flexibility index (Phi) is 4.20. The van der Waals surface area contributed by atoms with Crippen LogP contribution < -0.4 is 15.6 Å². The van der Waals surface area contributed by atoms with E-state index in [1.54, 1.807) is 0 Å². The van der Waals surface area contributed by atoms with Crippen LogP contribution in [0.2, 0.25) is 0 Å². The average Bonchev–Trinajstić information content (AvgIpc) is 3.20. The van der Waals surface area contributed by atoms with Gasteiger partial charge < -0.3 is 15.0 Å². The number of carbonyl (C=O) groups excluding carboxylic acids is 1. The lowest BCUT2D eigenvalue weighted by Gasteiger charge is -2.19. The van der Waals surface area contributed by atoms with Crippen molar-refractivity contribution in [1.29, 1.82) is 0 Å². The molecule has 1 aromatic heterocycles. The fourth-order valence-corrected chi connectivity index (χ4v) is 3.64. The van der Waals surface area contributed by atoms with Crippen LogP contribution in [0.4, 0.5) is 18.9 Å². The minimum atomic E-state index is -4.58. The number of carbonyl (C=O) groups is 1. The van der Waals surface area contributed by atoms with Crippen LogP contribution in [-0.4, -0.2) is 17.0 Å². The molecule has 8 heteroatoms. The fraction of sp³-hybridized carbons (Fsp3) is 0.368. The Morgan fingerprint density at radius 2 is 1.85 bits per heavy atom. The number of hydrogen-bond donors (Lipinski definition) is 2. The van der Waals surface area contributed by atoms with Gasteiger partial charge in [-0.05, 0) is 55.4 Å². The highest BCUT2D eigenvalue weighted by Crippen LogP contribution is 2.52. The molecular formula is C19H17F3N2O3. The van der Waals surface area contributed by atoms with Gasteiger partial charge in [-0.1, -0.05) is 0 Å². The van der Waals surface area contributed by atoms with Crippen molar-refractivity contribution in [2.75, 3.05) is 5.32 Å². The number of anilines is 1. The Balaban J connectivity index is 1.62. The SMILES string of the molecule is O=C(Nc1cc[nH]c(=O)c1)c1cc(C(F)(F)F)ccc1OC1C[C@@H]2C[C@@H]2C1. The van der Waals surface area contributed by atoms with Crippen LogP contribution in [0.3, 0.4) is 0 Å². The van der Waals surface area contributed by atoms with Crippen molar-refractivity contribution in [3.05, 3.63) is 58.0 Å². The lowest BCUT2D eigenvalue weighted by molar-refractivity contribution is -0.137. The molecule has 0 spiro atoms. The first-order valence-corrected chi connectivity index (χ1v) is 8.67. The molecule has 4 rings (SSSR count). The van der Waals surface area contributed by atoms with E-state index in [9.17, 15) is 22.8 Å². The van der Waals surface area contributed by atoms with E-state index in [-0.39, 0.29) is 23.1 Å². The molecular weight excluding hydrogens is 361 g/mol. The van der Waals surface area contributed by atoms with Gasteiger partial charge in [0, 0.05) is 18.0 Å². The predicted octanol–water partition coefficient (Wildman–Crippen LogP) is 3.82. The molecule has 2 aromatic rings. The number of rotatable bonds is 4. The third kappa shape index (κ3) is 3.84. The van der Waals surface area contributed by atoms with Crippen molar-refractivity contribution in [3.8, 4) is 5.75 Å². The Labute approximate surface area is 152 Å². The minimum absolute atomic E-state index is 0.0865. The van der Waals surface area contributed by atoms with Gasteiger partial charge in [-0.3, -0.25) is 9.59 Å². The molecule has 3 atom stereocenters. The third-order valence-corrected chi connectivity index (χ3v) is 5.08. The number of alkyl halides is 3. The summed E-state index contributed by atoms with van der Waals surface area (Å²) in [6, 6.07) is 5.48. The van der Waals surface area contributed by atoms with Crippen molar-refractivity contribution in [2.24, 2.45) is 11.8 Å². The summed E-state index contributed by atoms with van der Waals surface area (Å²) in [4.78, 5) is 26.3. The summed E-state index contributed by atoms with van der Waals surface area (Å²) in [5, 5.41) is 2.45. The van der Waals surface area contributed by atoms with E-state index in [1.165, 1.54) is 24.8 Å². The zero-order chi connectivity index (χ0) is 19.2. The Hall–Kier alpha value is -2.77. The molecule has 2 aliphatic rings. The first-order valence-electron chi connectivity index (χ1n) is 8.67. The molecule has 1 amide bonds. The van der Waals surface area contributed by atoms with Crippen LogP contribution in [0.15, 0.2) is 41.3 Å². The number of amides is 1. The van der Waals surface area contributed by atoms with Crippen molar-refractivity contribution in [3.63, 3.8) is 0 Å². The molecule has 0 bridgehead atoms. The standard InChI is InChI=1S/C19H17F3N2O3/c20-19(21,22)12-1-2-16(27-14-6-10-5-11(10)7-14)15(8-12)18(26)24-13-3-4-23-17(25)9-13/h1-4,8-11,14H,5-7H2,(H2,23,24,25,26)/t10-,11+,14?. The first kappa shape index (κ1) is 17.6. The smallest absolute Gasteiger partial charge is 0.416 e. The largest absolute Gasteiger partial charge is 0.490 e. The number of fused-ring (bicyclic) bond motifs is 1. The summed E-state index contributed by atoms with van der Waals surface area (Å²) in [5.74, 6) is 0.636. The number of pyridine rings is 1. The number of halogens is 3. The molecule has 2 fully saturated rings. The second-order valence-corrected chi connectivity index (χ2v) is 7.07. The van der Waals surface area contributed by atoms with Gasteiger partial charge in [-0.15, -0.1) is 0 Å². The molecule has 2 N–H and O–H groups in total. The Bertz CT molecular complexity index is 928. The van der Waals surface area contributed by atoms with Gasteiger partial charge in [0.2, 0.25) is 5.56 Å². The highest BCUT2D eigenvalue weighted by molar-refractivity contribution is 6.06. The van der Waals surface area contributed by atoms with E-state index in [0.29, 0.717) is 11.8 Å². The van der Waals surface area contributed by atoms with Crippen LogP contribution in [0.1, 0.15) is 35.2 Å². The number of aromatic nitrogens is 1. The van der Waals surface area contributed by atoms with E-state index in [1.807, 2.05) is 0 Å². The lowest BCUT2D eigenvalue weighted by Crippen LogP contribution is -2.20. The van der Waals surface area contributed by atoms with Crippen molar-refractivity contribution >= 4 is 11.6 Å². The number of benzene rings is 1. The van der Waals surface area contributed by atoms with E-state index < -0.39 is 23.2 Å². The van der Waals surface area contributed by atoms with Crippen molar-refractivity contribution in [2.45, 2.75) is 31.5 Å². The normalized spacial score (nSPS) is 23.6. The zero-order valence-corrected chi connectivity index (χ0v) is 14.2. The maximum atomic E-state index is 13.1. The van der Waals surface area contributed by atoms with Crippen LogP contribution in [0, 0.1) is 11.8 Å². The van der Waals surface area contributed by atoms with Gasteiger partial charge in [0.1, 0.15) is 5.75 Å². The predicted molar refractivity (Wildman–Crippen MR) is 91.7 cm³/mol. The quantitative estimate of drug-likeness (QED) is 0.850. The van der Waals surface area contributed by atoms with Crippen LogP contribution in [0.5, 0.6) is 5.75 Å². The topological polar surface area (TPSA) is 71.2 Å². The van der Waals surface area contributed by atoms with E-state index in [2.05, 4.69) is 10.3 Å². The molecule has 1 unspecified atom stereocenters. The van der Waals surface area contributed by atoms with E-state index in [4.69, 9.17) is 4.74 Å². The lowest BCUT2D eigenvalue weighted by atomic mass is 10.1. The van der Waals surface area contributed by atoms with Gasteiger partial charge in [0.15, 0.2) is 0 Å². The molecule has 2 aliphatic carbocycles. The molecule has 0 saturated heterocycles. The summed E-state index contributed by atoms with van der Waals surface area (Å²) in [7, 11) is 0. The summed E-state index contributed by atoms with van der Waals surface area (Å²) in [5.41, 5.74) is -1.38. The van der Waals surface area contributed by atoms with E-state index in [0.717, 1.165) is 31.0 Å². The number of H-pyrrole nitrogens is 1. The van der Waals surface area contributed by atoms with Crippen LogP contribution in [-0.2, 0) is 6.18 Å². The summed E-state index contributed by atoms with van der Waals surface area (Å²) >= 11 is 0. The van der Waals surface area contributed by atoms with Crippen LogP contribution in [0.25, 0.3) is 0 Å².